The molecule has 1 saturated carbocycles. The van der Waals surface area contributed by atoms with Gasteiger partial charge >= 0.3 is 6.01 Å². The zero-order valence-electron chi connectivity index (χ0n) is 19.5. The Labute approximate surface area is 202 Å². The summed E-state index contributed by atoms with van der Waals surface area (Å²) in [6.07, 6.45) is 2.93. The number of piperidine rings is 1. The van der Waals surface area contributed by atoms with Crippen LogP contribution < -0.4 is 20.7 Å². The number of carbonyl (C=O) groups is 1. The van der Waals surface area contributed by atoms with Crippen LogP contribution in [0.1, 0.15) is 40.0 Å². The van der Waals surface area contributed by atoms with Crippen LogP contribution in [0, 0.1) is 17.7 Å². The minimum Gasteiger partial charge on any atom is -0.424 e. The SMILES string of the molecule is CNc1cc(F)cc2c1Cc1nc(Oc3ccc4c(c3)C(=O)CCC4)nc(N3CC4C(N)C4C3)c1-2. The van der Waals surface area contributed by atoms with Crippen LogP contribution in [0.2, 0.25) is 0 Å². The number of ketones is 1. The third kappa shape index (κ3) is 3.23. The van der Waals surface area contributed by atoms with Crippen molar-refractivity contribution >= 4 is 17.3 Å². The van der Waals surface area contributed by atoms with Gasteiger partial charge in [-0.3, -0.25) is 4.79 Å². The summed E-state index contributed by atoms with van der Waals surface area (Å²) >= 11 is 0. The predicted octanol–water partition coefficient (Wildman–Crippen LogP) is 3.93. The maximum atomic E-state index is 14.5. The molecule has 35 heavy (non-hydrogen) atoms. The summed E-state index contributed by atoms with van der Waals surface area (Å²) in [4.78, 5) is 24.2. The van der Waals surface area contributed by atoms with Crippen LogP contribution >= 0.6 is 0 Å². The Morgan fingerprint density at radius 2 is 1.94 bits per heavy atom. The topological polar surface area (TPSA) is 93.4 Å². The monoisotopic (exact) mass is 471 g/mol. The number of fused-ring (bicyclic) bond motifs is 5. The van der Waals surface area contributed by atoms with E-state index in [9.17, 15) is 9.18 Å². The Kier molecular flexibility index (Phi) is 4.45. The van der Waals surface area contributed by atoms with Gasteiger partial charge < -0.3 is 20.7 Å². The maximum Gasteiger partial charge on any atom is 0.324 e. The predicted molar refractivity (Wildman–Crippen MR) is 131 cm³/mol. The first-order valence-electron chi connectivity index (χ1n) is 12.3. The molecular weight excluding hydrogens is 445 g/mol. The largest absolute Gasteiger partial charge is 0.424 e. The summed E-state index contributed by atoms with van der Waals surface area (Å²) in [5.41, 5.74) is 12.3. The van der Waals surface area contributed by atoms with E-state index in [-0.39, 0.29) is 23.7 Å². The molecule has 2 aromatic carbocycles. The lowest BCUT2D eigenvalue weighted by Gasteiger charge is -2.23. The molecule has 7 rings (SSSR count). The number of benzene rings is 2. The third-order valence-corrected chi connectivity index (χ3v) is 8.04. The van der Waals surface area contributed by atoms with Gasteiger partial charge in [-0.1, -0.05) is 6.07 Å². The molecule has 1 aliphatic heterocycles. The standard InChI is InChI=1S/C27H26FN5O2/c1-30-21-8-14(28)7-18-17(21)10-22-24(18)26(33-11-19-20(12-33)25(19)29)32-27(31-22)35-15-6-5-13-3-2-4-23(34)16(13)9-15/h5-9,19-20,25,30H,2-4,10-12,29H2,1H3. The molecule has 2 fully saturated rings. The summed E-state index contributed by atoms with van der Waals surface area (Å²) in [7, 11) is 1.80. The van der Waals surface area contributed by atoms with Crippen molar-refractivity contribution in [3.05, 3.63) is 58.5 Å². The highest BCUT2D eigenvalue weighted by Crippen LogP contribution is 2.50. The Hall–Kier alpha value is -3.52. The molecule has 1 saturated heterocycles. The van der Waals surface area contributed by atoms with E-state index in [1.54, 1.807) is 19.2 Å². The van der Waals surface area contributed by atoms with Gasteiger partial charge in [-0.15, -0.1) is 0 Å². The van der Waals surface area contributed by atoms with Gasteiger partial charge in [0.1, 0.15) is 17.4 Å². The minimum absolute atomic E-state index is 0.150. The first kappa shape index (κ1) is 20.8. The summed E-state index contributed by atoms with van der Waals surface area (Å²) in [5, 5.41) is 3.12. The van der Waals surface area contributed by atoms with Crippen molar-refractivity contribution in [2.24, 2.45) is 17.6 Å². The molecule has 178 valence electrons. The van der Waals surface area contributed by atoms with E-state index in [1.165, 1.54) is 6.07 Å². The molecule has 1 aromatic heterocycles. The molecule has 0 spiro atoms. The van der Waals surface area contributed by atoms with E-state index in [1.807, 2.05) is 12.1 Å². The normalized spacial score (nSPS) is 23.5. The van der Waals surface area contributed by atoms with Crippen molar-refractivity contribution in [3.8, 4) is 22.9 Å². The maximum absolute atomic E-state index is 14.5. The van der Waals surface area contributed by atoms with Gasteiger partial charge in [0.15, 0.2) is 5.78 Å². The van der Waals surface area contributed by atoms with Crippen LogP contribution in [-0.4, -0.2) is 41.9 Å². The van der Waals surface area contributed by atoms with Gasteiger partial charge in [0, 0.05) is 55.8 Å². The quantitative estimate of drug-likeness (QED) is 0.466. The van der Waals surface area contributed by atoms with Crippen LogP contribution in [0.4, 0.5) is 15.9 Å². The van der Waals surface area contributed by atoms with Gasteiger partial charge in [-0.25, -0.2) is 4.39 Å². The van der Waals surface area contributed by atoms with Crippen LogP contribution in [-0.2, 0) is 12.8 Å². The van der Waals surface area contributed by atoms with Crippen molar-refractivity contribution < 1.29 is 13.9 Å². The number of nitrogens with one attached hydrogen (secondary N) is 1. The molecule has 0 amide bonds. The molecule has 4 aliphatic rings. The first-order valence-corrected chi connectivity index (χ1v) is 12.3. The summed E-state index contributed by atoms with van der Waals surface area (Å²) in [6.45, 7) is 1.65. The first-order chi connectivity index (χ1) is 17.0. The van der Waals surface area contributed by atoms with E-state index in [4.69, 9.17) is 20.4 Å². The lowest BCUT2D eigenvalue weighted by Crippen LogP contribution is -2.29. The summed E-state index contributed by atoms with van der Waals surface area (Å²) in [5.74, 6) is 2.11. The molecule has 2 atom stereocenters. The molecule has 8 heteroatoms. The lowest BCUT2D eigenvalue weighted by molar-refractivity contribution is 0.0972. The Bertz CT molecular complexity index is 1390. The second-order valence-electron chi connectivity index (χ2n) is 10.1. The van der Waals surface area contributed by atoms with E-state index in [0.717, 1.165) is 70.9 Å². The Balaban J connectivity index is 1.31. The molecule has 3 N–H and O–H groups in total. The number of hydrogen-bond donors (Lipinski definition) is 2. The van der Waals surface area contributed by atoms with Crippen molar-refractivity contribution in [2.45, 2.75) is 31.7 Å². The molecule has 3 aromatic rings. The smallest absolute Gasteiger partial charge is 0.324 e. The van der Waals surface area contributed by atoms with E-state index in [2.05, 4.69) is 10.2 Å². The number of hydrogen-bond acceptors (Lipinski definition) is 7. The van der Waals surface area contributed by atoms with Crippen molar-refractivity contribution in [1.82, 2.24) is 9.97 Å². The number of carbonyl (C=O) groups excluding carboxylic acids is 1. The number of ether oxygens (including phenoxy) is 1. The van der Waals surface area contributed by atoms with Gasteiger partial charge in [0.05, 0.1) is 5.69 Å². The van der Waals surface area contributed by atoms with Gasteiger partial charge in [-0.2, -0.15) is 9.97 Å². The Morgan fingerprint density at radius 3 is 2.74 bits per heavy atom. The van der Waals surface area contributed by atoms with E-state index in [0.29, 0.717) is 30.4 Å². The average molecular weight is 472 g/mol. The highest BCUT2D eigenvalue weighted by atomic mass is 19.1. The number of rotatable bonds is 4. The van der Waals surface area contributed by atoms with Gasteiger partial charge in [0.25, 0.3) is 0 Å². The van der Waals surface area contributed by atoms with Crippen molar-refractivity contribution in [3.63, 3.8) is 0 Å². The molecule has 0 radical (unpaired) electrons. The number of nitrogens with two attached hydrogens (primary N) is 1. The molecule has 7 nitrogen and oxygen atoms in total. The fourth-order valence-corrected chi connectivity index (χ4v) is 6.11. The summed E-state index contributed by atoms with van der Waals surface area (Å²) < 4.78 is 20.6. The number of anilines is 2. The zero-order valence-corrected chi connectivity index (χ0v) is 19.5. The van der Waals surface area contributed by atoms with Crippen LogP contribution in [0.3, 0.4) is 0 Å². The molecule has 2 unspecified atom stereocenters. The lowest BCUT2D eigenvalue weighted by atomic mass is 9.91. The molecule has 2 heterocycles. The highest BCUT2D eigenvalue weighted by molar-refractivity contribution is 5.98. The van der Waals surface area contributed by atoms with Crippen LogP contribution in [0.5, 0.6) is 11.8 Å². The number of Topliss-reactive ketones (excluding diaryl/α,β-unsaturated/α-hetero) is 1. The van der Waals surface area contributed by atoms with Crippen LogP contribution in [0.25, 0.3) is 11.1 Å². The zero-order chi connectivity index (χ0) is 23.8. The second-order valence-corrected chi connectivity index (χ2v) is 10.1. The van der Waals surface area contributed by atoms with Crippen molar-refractivity contribution in [1.29, 1.82) is 0 Å². The van der Waals surface area contributed by atoms with E-state index < -0.39 is 0 Å². The van der Waals surface area contributed by atoms with E-state index >= 15 is 0 Å². The molecule has 0 bridgehead atoms. The minimum atomic E-state index is -0.294. The second kappa shape index (κ2) is 7.49. The number of halogens is 1. The fraction of sp³-hybridized carbons (Fsp3) is 0.370. The van der Waals surface area contributed by atoms with Gasteiger partial charge in [-0.05, 0) is 65.6 Å². The third-order valence-electron chi connectivity index (χ3n) is 8.04. The number of aryl methyl sites for hydroxylation is 1. The Morgan fingerprint density at radius 1 is 1.11 bits per heavy atom. The molecule has 3 aliphatic carbocycles. The highest BCUT2D eigenvalue weighted by Gasteiger charge is 2.54. The average Bonchev–Trinajstić information content (AvgIpc) is 3.19. The number of aromatic nitrogens is 2. The van der Waals surface area contributed by atoms with Crippen LogP contribution in [0.15, 0.2) is 30.3 Å². The number of nitrogens with zero attached hydrogens (tertiary/aromatic N) is 3. The fourth-order valence-electron chi connectivity index (χ4n) is 6.11. The van der Waals surface area contributed by atoms with Crippen molar-refractivity contribution in [2.75, 3.05) is 30.4 Å². The molecular formula is C27H26FN5O2. The van der Waals surface area contributed by atoms with Gasteiger partial charge in [0.2, 0.25) is 0 Å². The summed E-state index contributed by atoms with van der Waals surface area (Å²) in [6, 6.07) is 9.23.